The van der Waals surface area contributed by atoms with E-state index < -0.39 is 0 Å². The average molecular weight is 292 g/mol. The number of ketones is 1. The van der Waals surface area contributed by atoms with Gasteiger partial charge in [0, 0.05) is 35.4 Å². The van der Waals surface area contributed by atoms with Crippen LogP contribution in [0.25, 0.3) is 10.9 Å². The molecule has 0 spiro atoms. The number of nitrogens with one attached hydrogen (secondary N) is 1. The third-order valence-corrected chi connectivity index (χ3v) is 4.16. The number of aromatic nitrogens is 1. The lowest BCUT2D eigenvalue weighted by molar-refractivity contribution is 0.101. The molecule has 112 valence electrons. The van der Waals surface area contributed by atoms with Crippen LogP contribution in [0.1, 0.15) is 21.5 Å². The fourth-order valence-electron chi connectivity index (χ4n) is 2.69. The Kier molecular flexibility index (Phi) is 3.72. The molecule has 1 aromatic heterocycles. The van der Waals surface area contributed by atoms with Gasteiger partial charge in [-0.15, -0.1) is 0 Å². The first-order chi connectivity index (χ1) is 10.6. The molecule has 0 radical (unpaired) electrons. The molecule has 1 N–H and O–H groups in total. The fraction of sp³-hybridized carbons (Fsp3) is 0.211. The van der Waals surface area contributed by atoms with Gasteiger partial charge < -0.3 is 9.88 Å². The highest BCUT2D eigenvalue weighted by Crippen LogP contribution is 2.21. The van der Waals surface area contributed by atoms with Crippen molar-refractivity contribution in [2.24, 2.45) is 7.05 Å². The van der Waals surface area contributed by atoms with Gasteiger partial charge in [-0.3, -0.25) is 4.79 Å². The summed E-state index contributed by atoms with van der Waals surface area (Å²) < 4.78 is 2.00. The van der Waals surface area contributed by atoms with Crippen LogP contribution in [-0.4, -0.2) is 16.9 Å². The number of nitrogens with zero attached hydrogens (tertiary/aromatic N) is 1. The zero-order chi connectivity index (χ0) is 15.7. The largest absolute Gasteiger partial charge is 0.378 e. The molecular weight excluding hydrogens is 272 g/mol. The number of benzene rings is 2. The number of Topliss-reactive ketones (excluding diaryl/α,β-unsaturated/α-hetero) is 1. The van der Waals surface area contributed by atoms with Crippen LogP contribution in [0.5, 0.6) is 0 Å². The van der Waals surface area contributed by atoms with E-state index in [-0.39, 0.29) is 5.78 Å². The van der Waals surface area contributed by atoms with Crippen molar-refractivity contribution in [3.8, 4) is 0 Å². The number of para-hydroxylation sites is 1. The molecule has 0 aliphatic carbocycles. The number of fused-ring (bicyclic) bond motifs is 1. The topological polar surface area (TPSA) is 34.0 Å². The fourth-order valence-corrected chi connectivity index (χ4v) is 2.69. The van der Waals surface area contributed by atoms with E-state index in [9.17, 15) is 4.79 Å². The highest BCUT2D eigenvalue weighted by atomic mass is 16.1. The molecule has 0 aliphatic rings. The van der Waals surface area contributed by atoms with Gasteiger partial charge in [-0.05, 0) is 43.2 Å². The Morgan fingerprint density at radius 2 is 1.86 bits per heavy atom. The molecule has 0 amide bonds. The Labute approximate surface area is 130 Å². The number of rotatable bonds is 4. The highest BCUT2D eigenvalue weighted by molar-refractivity contribution is 6.09. The molecule has 3 aromatic rings. The van der Waals surface area contributed by atoms with Gasteiger partial charge in [0.15, 0.2) is 5.78 Å². The summed E-state index contributed by atoms with van der Waals surface area (Å²) in [6, 6.07) is 14.1. The molecule has 1 heterocycles. The minimum absolute atomic E-state index is 0.107. The summed E-state index contributed by atoms with van der Waals surface area (Å²) >= 11 is 0. The van der Waals surface area contributed by atoms with E-state index in [4.69, 9.17) is 0 Å². The van der Waals surface area contributed by atoms with E-state index >= 15 is 0 Å². The molecular formula is C19H20N2O. The average Bonchev–Trinajstić information content (AvgIpc) is 2.86. The van der Waals surface area contributed by atoms with E-state index in [2.05, 4.69) is 31.3 Å². The maximum Gasteiger partial charge on any atom is 0.184 e. The Balaban J connectivity index is 1.80. The van der Waals surface area contributed by atoms with Gasteiger partial charge in [0.05, 0.1) is 6.54 Å². The van der Waals surface area contributed by atoms with E-state index in [0.29, 0.717) is 6.54 Å². The SMILES string of the molecule is Cc1ccc(NCC(=O)c2cn(C)c3ccccc23)cc1C. The van der Waals surface area contributed by atoms with E-state index in [0.717, 1.165) is 22.2 Å². The zero-order valence-electron chi connectivity index (χ0n) is 13.2. The lowest BCUT2D eigenvalue weighted by Gasteiger charge is -2.08. The molecule has 22 heavy (non-hydrogen) atoms. The first-order valence-corrected chi connectivity index (χ1v) is 7.44. The second kappa shape index (κ2) is 5.68. The van der Waals surface area contributed by atoms with Gasteiger partial charge >= 0.3 is 0 Å². The molecule has 0 fully saturated rings. The molecule has 3 heteroatoms. The summed E-state index contributed by atoms with van der Waals surface area (Å²) in [4.78, 5) is 12.5. The number of hydrogen-bond acceptors (Lipinski definition) is 2. The zero-order valence-corrected chi connectivity index (χ0v) is 13.2. The van der Waals surface area contributed by atoms with Crippen molar-refractivity contribution in [2.45, 2.75) is 13.8 Å². The number of hydrogen-bond donors (Lipinski definition) is 1. The molecule has 0 unspecified atom stereocenters. The van der Waals surface area contributed by atoms with Crippen LogP contribution in [0.3, 0.4) is 0 Å². The number of aryl methyl sites for hydroxylation is 3. The van der Waals surface area contributed by atoms with Crippen molar-refractivity contribution in [1.29, 1.82) is 0 Å². The Hall–Kier alpha value is -2.55. The summed E-state index contributed by atoms with van der Waals surface area (Å²) in [6.45, 7) is 4.46. The summed E-state index contributed by atoms with van der Waals surface area (Å²) in [5.41, 5.74) is 5.32. The molecule has 0 saturated carbocycles. The molecule has 0 saturated heterocycles. The smallest absolute Gasteiger partial charge is 0.184 e. The van der Waals surface area contributed by atoms with Crippen molar-refractivity contribution in [1.82, 2.24) is 4.57 Å². The van der Waals surface area contributed by atoms with Gasteiger partial charge in [-0.25, -0.2) is 0 Å². The van der Waals surface area contributed by atoms with Crippen LogP contribution in [-0.2, 0) is 7.05 Å². The van der Waals surface area contributed by atoms with Crippen molar-refractivity contribution < 1.29 is 4.79 Å². The number of carbonyl (C=O) groups excluding carboxylic acids is 1. The van der Waals surface area contributed by atoms with Crippen LogP contribution in [0.2, 0.25) is 0 Å². The normalized spacial score (nSPS) is 10.9. The van der Waals surface area contributed by atoms with Crippen molar-refractivity contribution in [3.05, 3.63) is 65.4 Å². The maximum atomic E-state index is 12.5. The summed E-state index contributed by atoms with van der Waals surface area (Å²) in [5.74, 6) is 0.107. The van der Waals surface area contributed by atoms with Crippen LogP contribution >= 0.6 is 0 Å². The van der Waals surface area contributed by atoms with Crippen LogP contribution < -0.4 is 5.32 Å². The third-order valence-electron chi connectivity index (χ3n) is 4.16. The van der Waals surface area contributed by atoms with E-state index in [1.807, 2.05) is 48.1 Å². The van der Waals surface area contributed by atoms with Gasteiger partial charge in [0.25, 0.3) is 0 Å². The highest BCUT2D eigenvalue weighted by Gasteiger charge is 2.13. The maximum absolute atomic E-state index is 12.5. The second-order valence-corrected chi connectivity index (χ2v) is 5.75. The first kappa shape index (κ1) is 14.4. The van der Waals surface area contributed by atoms with Gasteiger partial charge in [-0.1, -0.05) is 24.3 Å². The minimum Gasteiger partial charge on any atom is -0.378 e. The quantitative estimate of drug-likeness (QED) is 0.735. The minimum atomic E-state index is 0.107. The standard InChI is InChI=1S/C19H20N2O/c1-13-8-9-15(10-14(13)2)20-11-19(22)17-12-21(3)18-7-5-4-6-16(17)18/h4-10,12,20H,11H2,1-3H3. The molecule has 0 atom stereocenters. The van der Waals surface area contributed by atoms with Gasteiger partial charge in [0.2, 0.25) is 0 Å². The number of carbonyl (C=O) groups is 1. The summed E-state index contributed by atoms with van der Waals surface area (Å²) in [7, 11) is 1.97. The van der Waals surface area contributed by atoms with E-state index in [1.54, 1.807) is 0 Å². The molecule has 0 aliphatic heterocycles. The van der Waals surface area contributed by atoms with Crippen LogP contribution in [0.4, 0.5) is 5.69 Å². The van der Waals surface area contributed by atoms with Crippen molar-refractivity contribution >= 4 is 22.4 Å². The monoisotopic (exact) mass is 292 g/mol. The molecule has 2 aromatic carbocycles. The second-order valence-electron chi connectivity index (χ2n) is 5.75. The van der Waals surface area contributed by atoms with Crippen LogP contribution in [0, 0.1) is 13.8 Å². The predicted octanol–water partition coefficient (Wildman–Crippen LogP) is 4.09. The lowest BCUT2D eigenvalue weighted by atomic mass is 10.1. The molecule has 3 rings (SSSR count). The lowest BCUT2D eigenvalue weighted by Crippen LogP contribution is -2.13. The van der Waals surface area contributed by atoms with Crippen molar-refractivity contribution in [2.75, 3.05) is 11.9 Å². The molecule has 0 bridgehead atoms. The Morgan fingerprint density at radius 3 is 2.64 bits per heavy atom. The van der Waals surface area contributed by atoms with Gasteiger partial charge in [0.1, 0.15) is 0 Å². The summed E-state index contributed by atoms with van der Waals surface area (Å²) in [6.07, 6.45) is 1.91. The van der Waals surface area contributed by atoms with Crippen molar-refractivity contribution in [3.63, 3.8) is 0 Å². The Morgan fingerprint density at radius 1 is 1.09 bits per heavy atom. The first-order valence-electron chi connectivity index (χ1n) is 7.44. The Bertz CT molecular complexity index is 846. The molecule has 3 nitrogen and oxygen atoms in total. The predicted molar refractivity (Wildman–Crippen MR) is 91.7 cm³/mol. The number of anilines is 1. The van der Waals surface area contributed by atoms with Crippen LogP contribution in [0.15, 0.2) is 48.7 Å². The van der Waals surface area contributed by atoms with E-state index in [1.165, 1.54) is 11.1 Å². The third kappa shape index (κ3) is 2.62. The van der Waals surface area contributed by atoms with Gasteiger partial charge in [-0.2, -0.15) is 0 Å². The summed E-state index contributed by atoms with van der Waals surface area (Å²) in [5, 5.41) is 4.24.